The lowest BCUT2D eigenvalue weighted by molar-refractivity contribution is 0.689. The molecule has 0 fully saturated rings. The van der Waals surface area contributed by atoms with Gasteiger partial charge in [-0.1, -0.05) is 54.6 Å². The Morgan fingerprint density at radius 1 is 1.04 bits per heavy atom. The van der Waals surface area contributed by atoms with Crippen LogP contribution in [0, 0.1) is 6.92 Å². The van der Waals surface area contributed by atoms with Crippen molar-refractivity contribution in [3.8, 4) is 5.69 Å². The molecular weight excluding hydrogens is 352 g/mol. The molecule has 0 aliphatic heterocycles. The van der Waals surface area contributed by atoms with E-state index in [9.17, 15) is 9.59 Å². The summed E-state index contributed by atoms with van der Waals surface area (Å²) < 4.78 is 4.50. The molecule has 0 N–H and O–H groups in total. The molecule has 0 saturated heterocycles. The van der Waals surface area contributed by atoms with Crippen molar-refractivity contribution in [2.45, 2.75) is 20.0 Å². The molecule has 0 radical (unpaired) electrons. The third kappa shape index (κ3) is 2.89. The molecule has 2 aromatic heterocycles. The third-order valence-electron chi connectivity index (χ3n) is 4.76. The Kier molecular flexibility index (Phi) is 4.53. The Morgan fingerprint density at radius 2 is 1.75 bits per heavy atom. The SMILES string of the molecule is C=CCn1c(=O)c2c(ncn2Cc2ccccc2)n(-c2ccccc2C)c1=O. The number of aromatic nitrogens is 4. The van der Waals surface area contributed by atoms with E-state index in [0.29, 0.717) is 23.4 Å². The maximum Gasteiger partial charge on any atom is 0.337 e. The van der Waals surface area contributed by atoms with Gasteiger partial charge in [-0.05, 0) is 24.1 Å². The fraction of sp³-hybridized carbons (Fsp3) is 0.136. The highest BCUT2D eigenvalue weighted by Crippen LogP contribution is 2.17. The number of hydrogen-bond acceptors (Lipinski definition) is 3. The summed E-state index contributed by atoms with van der Waals surface area (Å²) in [6.45, 7) is 6.24. The quantitative estimate of drug-likeness (QED) is 0.506. The molecule has 0 amide bonds. The number of hydrogen-bond donors (Lipinski definition) is 0. The number of rotatable bonds is 5. The summed E-state index contributed by atoms with van der Waals surface area (Å²) >= 11 is 0. The van der Waals surface area contributed by atoms with E-state index in [4.69, 9.17) is 0 Å². The van der Waals surface area contributed by atoms with Gasteiger partial charge in [0.1, 0.15) is 0 Å². The van der Waals surface area contributed by atoms with Crippen LogP contribution in [0.3, 0.4) is 0 Å². The van der Waals surface area contributed by atoms with E-state index in [1.807, 2.05) is 61.5 Å². The lowest BCUT2D eigenvalue weighted by Gasteiger charge is -2.13. The molecule has 6 heteroatoms. The Hall–Kier alpha value is -3.67. The van der Waals surface area contributed by atoms with E-state index >= 15 is 0 Å². The molecule has 4 aromatic rings. The predicted molar refractivity (Wildman–Crippen MR) is 110 cm³/mol. The van der Waals surface area contributed by atoms with Crippen molar-refractivity contribution in [2.75, 3.05) is 0 Å². The molecule has 0 unspecified atom stereocenters. The van der Waals surface area contributed by atoms with Crippen molar-refractivity contribution < 1.29 is 0 Å². The molecule has 0 spiro atoms. The normalized spacial score (nSPS) is 11.0. The highest BCUT2D eigenvalue weighted by Gasteiger charge is 2.19. The standard InChI is InChI=1S/C22H20N4O2/c1-3-13-25-21(27)19-20(23-15-24(19)14-17-10-5-4-6-11-17)26(22(25)28)18-12-8-7-9-16(18)2/h3-12,15H,1,13-14H2,2H3. The molecule has 28 heavy (non-hydrogen) atoms. The molecular formula is C22H20N4O2. The monoisotopic (exact) mass is 372 g/mol. The van der Waals surface area contributed by atoms with Gasteiger partial charge in [0.05, 0.1) is 12.0 Å². The van der Waals surface area contributed by atoms with E-state index in [1.54, 1.807) is 17.0 Å². The van der Waals surface area contributed by atoms with Gasteiger partial charge in [-0.3, -0.25) is 9.36 Å². The van der Waals surface area contributed by atoms with Crippen LogP contribution in [0.4, 0.5) is 0 Å². The van der Waals surface area contributed by atoms with Gasteiger partial charge >= 0.3 is 5.69 Å². The Balaban J connectivity index is 2.05. The van der Waals surface area contributed by atoms with Gasteiger partial charge in [0.25, 0.3) is 5.56 Å². The molecule has 6 nitrogen and oxygen atoms in total. The van der Waals surface area contributed by atoms with Gasteiger partial charge in [-0.25, -0.2) is 14.3 Å². The Morgan fingerprint density at radius 3 is 2.46 bits per heavy atom. The minimum atomic E-state index is -0.420. The van der Waals surface area contributed by atoms with E-state index in [0.717, 1.165) is 11.1 Å². The number of benzene rings is 2. The second kappa shape index (κ2) is 7.15. The maximum atomic E-state index is 13.1. The van der Waals surface area contributed by atoms with Crippen molar-refractivity contribution in [3.63, 3.8) is 0 Å². The largest absolute Gasteiger partial charge is 0.337 e. The second-order valence-corrected chi connectivity index (χ2v) is 6.64. The van der Waals surface area contributed by atoms with Crippen LogP contribution in [-0.4, -0.2) is 18.7 Å². The summed E-state index contributed by atoms with van der Waals surface area (Å²) in [7, 11) is 0. The highest BCUT2D eigenvalue weighted by atomic mass is 16.2. The van der Waals surface area contributed by atoms with Crippen LogP contribution in [0.25, 0.3) is 16.9 Å². The lowest BCUT2D eigenvalue weighted by Crippen LogP contribution is -2.40. The zero-order valence-corrected chi connectivity index (χ0v) is 15.6. The van der Waals surface area contributed by atoms with Crippen molar-refractivity contribution in [2.24, 2.45) is 0 Å². The average Bonchev–Trinajstić information content (AvgIpc) is 3.11. The number of fused-ring (bicyclic) bond motifs is 1. The number of aryl methyl sites for hydroxylation is 1. The van der Waals surface area contributed by atoms with Gasteiger partial charge < -0.3 is 4.57 Å². The summed E-state index contributed by atoms with van der Waals surface area (Å²) in [6.07, 6.45) is 3.17. The molecule has 0 aliphatic carbocycles. The Labute approximate surface area is 161 Å². The first-order chi connectivity index (χ1) is 13.6. The molecule has 140 valence electrons. The number of allylic oxidation sites excluding steroid dienone is 1. The first-order valence-electron chi connectivity index (χ1n) is 9.03. The fourth-order valence-electron chi connectivity index (χ4n) is 3.40. The summed E-state index contributed by atoms with van der Waals surface area (Å²) in [5.74, 6) is 0. The summed E-state index contributed by atoms with van der Waals surface area (Å²) in [6, 6.07) is 17.4. The van der Waals surface area contributed by atoms with Crippen molar-refractivity contribution in [1.29, 1.82) is 0 Å². The fourth-order valence-corrected chi connectivity index (χ4v) is 3.40. The molecule has 0 aliphatic rings. The van der Waals surface area contributed by atoms with Crippen molar-refractivity contribution >= 4 is 11.2 Å². The smallest absolute Gasteiger partial charge is 0.320 e. The molecule has 0 saturated carbocycles. The van der Waals surface area contributed by atoms with Crippen LogP contribution in [0.5, 0.6) is 0 Å². The minimum absolute atomic E-state index is 0.135. The van der Waals surface area contributed by atoms with Gasteiger partial charge in [-0.2, -0.15) is 0 Å². The van der Waals surface area contributed by atoms with Crippen LogP contribution in [0.1, 0.15) is 11.1 Å². The molecule has 2 aromatic carbocycles. The van der Waals surface area contributed by atoms with Gasteiger partial charge in [-0.15, -0.1) is 6.58 Å². The lowest BCUT2D eigenvalue weighted by atomic mass is 10.2. The van der Waals surface area contributed by atoms with E-state index < -0.39 is 5.69 Å². The Bertz CT molecular complexity index is 1280. The van der Waals surface area contributed by atoms with Crippen molar-refractivity contribution in [1.82, 2.24) is 18.7 Å². The van der Waals surface area contributed by atoms with Gasteiger partial charge in [0.2, 0.25) is 0 Å². The van der Waals surface area contributed by atoms with Crippen LogP contribution >= 0.6 is 0 Å². The first-order valence-corrected chi connectivity index (χ1v) is 9.03. The maximum absolute atomic E-state index is 13.1. The summed E-state index contributed by atoms with van der Waals surface area (Å²) in [5.41, 5.74) is 2.65. The van der Waals surface area contributed by atoms with E-state index in [1.165, 1.54) is 9.13 Å². The van der Waals surface area contributed by atoms with Gasteiger partial charge in [0.15, 0.2) is 11.2 Å². The number of imidazole rings is 1. The van der Waals surface area contributed by atoms with E-state index in [-0.39, 0.29) is 12.1 Å². The van der Waals surface area contributed by atoms with Crippen LogP contribution < -0.4 is 11.2 Å². The average molecular weight is 372 g/mol. The van der Waals surface area contributed by atoms with Gasteiger partial charge in [0, 0.05) is 13.1 Å². The molecule has 2 heterocycles. The van der Waals surface area contributed by atoms with Crippen molar-refractivity contribution in [3.05, 3.63) is 106 Å². The number of para-hydroxylation sites is 1. The first kappa shape index (κ1) is 17.7. The second-order valence-electron chi connectivity index (χ2n) is 6.64. The van der Waals surface area contributed by atoms with Crippen LogP contribution in [0.2, 0.25) is 0 Å². The van der Waals surface area contributed by atoms with Crippen LogP contribution in [0.15, 0.2) is 83.2 Å². The predicted octanol–water partition coefficient (Wildman–Crippen LogP) is 2.89. The molecule has 0 bridgehead atoms. The van der Waals surface area contributed by atoms with Crippen LogP contribution in [-0.2, 0) is 13.1 Å². The molecule has 0 atom stereocenters. The zero-order valence-electron chi connectivity index (χ0n) is 15.6. The minimum Gasteiger partial charge on any atom is -0.320 e. The molecule has 4 rings (SSSR count). The highest BCUT2D eigenvalue weighted by molar-refractivity contribution is 5.73. The topological polar surface area (TPSA) is 61.8 Å². The summed E-state index contributed by atoms with van der Waals surface area (Å²) in [5, 5.41) is 0. The third-order valence-corrected chi connectivity index (χ3v) is 4.76. The number of nitrogens with zero attached hydrogens (tertiary/aromatic N) is 4. The van der Waals surface area contributed by atoms with E-state index in [2.05, 4.69) is 11.6 Å². The summed E-state index contributed by atoms with van der Waals surface area (Å²) in [4.78, 5) is 30.7. The zero-order chi connectivity index (χ0) is 19.7.